The van der Waals surface area contributed by atoms with E-state index in [1.54, 1.807) is 0 Å². The lowest BCUT2D eigenvalue weighted by Gasteiger charge is -2.07. The predicted molar refractivity (Wildman–Crippen MR) is 87.4 cm³/mol. The summed E-state index contributed by atoms with van der Waals surface area (Å²) in [6.07, 6.45) is 8.91. The molecule has 0 spiro atoms. The van der Waals surface area contributed by atoms with Gasteiger partial charge >= 0.3 is 0 Å². The number of hydrogen-bond acceptors (Lipinski definition) is 2. The molecule has 0 radical (unpaired) electrons. The second-order valence-corrected chi connectivity index (χ2v) is 5.70. The van der Waals surface area contributed by atoms with E-state index in [1.807, 2.05) is 4.68 Å². The molecule has 4 heteroatoms. The van der Waals surface area contributed by atoms with Crippen LogP contribution in [-0.2, 0) is 19.5 Å². The lowest BCUT2D eigenvalue weighted by Crippen LogP contribution is -2.18. The summed E-state index contributed by atoms with van der Waals surface area (Å²) >= 11 is 6.38. The predicted octanol–water partition coefficient (Wildman–Crippen LogP) is 4.57. The van der Waals surface area contributed by atoms with Crippen molar-refractivity contribution in [3.63, 3.8) is 0 Å². The number of unbranched alkanes of at least 4 members (excludes halogenated alkanes) is 5. The van der Waals surface area contributed by atoms with E-state index in [-0.39, 0.29) is 0 Å². The van der Waals surface area contributed by atoms with Crippen molar-refractivity contribution in [3.8, 4) is 0 Å². The Kier molecular flexibility index (Phi) is 8.95. The molecule has 0 saturated carbocycles. The van der Waals surface area contributed by atoms with Crippen molar-refractivity contribution in [3.05, 3.63) is 16.4 Å². The number of nitrogens with one attached hydrogen (secondary N) is 1. The number of aromatic nitrogens is 2. The SMILES string of the molecule is CCCCCCCCNCc1c(Cl)c(CC)nn1CC. The van der Waals surface area contributed by atoms with Gasteiger partial charge in [-0.2, -0.15) is 5.10 Å². The number of rotatable bonds is 11. The van der Waals surface area contributed by atoms with Crippen LogP contribution < -0.4 is 5.32 Å². The van der Waals surface area contributed by atoms with Gasteiger partial charge in [0.1, 0.15) is 0 Å². The number of hydrogen-bond donors (Lipinski definition) is 1. The van der Waals surface area contributed by atoms with Crippen molar-refractivity contribution < 1.29 is 0 Å². The first kappa shape index (κ1) is 17.5. The molecule has 20 heavy (non-hydrogen) atoms. The molecule has 0 saturated heterocycles. The van der Waals surface area contributed by atoms with E-state index in [0.29, 0.717) is 0 Å². The van der Waals surface area contributed by atoms with Gasteiger partial charge in [0.15, 0.2) is 0 Å². The van der Waals surface area contributed by atoms with E-state index < -0.39 is 0 Å². The standard InChI is InChI=1S/C16H30ClN3/c1-4-7-8-9-10-11-12-18-13-15-16(17)14(5-2)19-20(15)6-3/h18H,4-13H2,1-3H3. The zero-order chi connectivity index (χ0) is 14.8. The molecule has 0 unspecified atom stereocenters. The highest BCUT2D eigenvalue weighted by molar-refractivity contribution is 6.31. The summed E-state index contributed by atoms with van der Waals surface area (Å²) in [5.74, 6) is 0. The molecule has 1 N–H and O–H groups in total. The Bertz CT molecular complexity index is 374. The summed E-state index contributed by atoms with van der Waals surface area (Å²) < 4.78 is 2.02. The van der Waals surface area contributed by atoms with Crippen LogP contribution >= 0.6 is 11.6 Å². The Labute approximate surface area is 129 Å². The summed E-state index contributed by atoms with van der Waals surface area (Å²) in [7, 11) is 0. The van der Waals surface area contributed by atoms with Gasteiger partial charge in [0.2, 0.25) is 0 Å². The van der Waals surface area contributed by atoms with E-state index in [2.05, 4.69) is 31.2 Å². The maximum absolute atomic E-state index is 6.38. The van der Waals surface area contributed by atoms with Crippen LogP contribution in [0, 0.1) is 0 Å². The van der Waals surface area contributed by atoms with Crippen molar-refractivity contribution in [2.75, 3.05) is 6.54 Å². The molecule has 1 aromatic rings. The first-order chi connectivity index (χ1) is 9.74. The number of halogens is 1. The molecular weight excluding hydrogens is 270 g/mol. The monoisotopic (exact) mass is 299 g/mol. The van der Waals surface area contributed by atoms with Crippen LogP contribution in [0.5, 0.6) is 0 Å². The molecule has 1 rings (SSSR count). The minimum absolute atomic E-state index is 0.828. The highest BCUT2D eigenvalue weighted by Crippen LogP contribution is 2.21. The van der Waals surface area contributed by atoms with Crippen LogP contribution in [0.15, 0.2) is 0 Å². The summed E-state index contributed by atoms with van der Waals surface area (Å²) in [5, 5.41) is 8.89. The molecule has 116 valence electrons. The van der Waals surface area contributed by atoms with Gasteiger partial charge in [-0.1, -0.05) is 57.6 Å². The first-order valence-corrected chi connectivity index (χ1v) is 8.57. The molecule has 0 amide bonds. The molecule has 0 aliphatic carbocycles. The zero-order valence-electron chi connectivity index (χ0n) is 13.3. The van der Waals surface area contributed by atoms with E-state index in [4.69, 9.17) is 11.6 Å². The Morgan fingerprint density at radius 2 is 1.75 bits per heavy atom. The molecule has 0 bridgehead atoms. The molecule has 1 aromatic heterocycles. The van der Waals surface area contributed by atoms with Crippen LogP contribution in [0.1, 0.15) is 70.7 Å². The smallest absolute Gasteiger partial charge is 0.0863 e. The molecule has 0 aliphatic rings. The Morgan fingerprint density at radius 1 is 1.05 bits per heavy atom. The Morgan fingerprint density at radius 3 is 2.40 bits per heavy atom. The lowest BCUT2D eigenvalue weighted by atomic mass is 10.1. The van der Waals surface area contributed by atoms with Gasteiger partial charge in [-0.3, -0.25) is 4.68 Å². The number of nitrogens with zero attached hydrogens (tertiary/aromatic N) is 2. The van der Waals surface area contributed by atoms with E-state index in [1.165, 1.54) is 38.5 Å². The van der Waals surface area contributed by atoms with Gasteiger partial charge in [0, 0.05) is 13.1 Å². The molecule has 0 aromatic carbocycles. The highest BCUT2D eigenvalue weighted by Gasteiger charge is 2.13. The van der Waals surface area contributed by atoms with Crippen LogP contribution in [0.3, 0.4) is 0 Å². The lowest BCUT2D eigenvalue weighted by molar-refractivity contribution is 0.546. The summed E-state index contributed by atoms with van der Waals surface area (Å²) in [4.78, 5) is 0. The normalized spacial score (nSPS) is 11.2. The fraction of sp³-hybridized carbons (Fsp3) is 0.812. The molecule has 0 aliphatic heterocycles. The fourth-order valence-corrected chi connectivity index (χ4v) is 2.76. The third-order valence-electron chi connectivity index (χ3n) is 3.69. The van der Waals surface area contributed by atoms with Crippen molar-refractivity contribution in [2.24, 2.45) is 0 Å². The minimum Gasteiger partial charge on any atom is -0.311 e. The van der Waals surface area contributed by atoms with Crippen molar-refractivity contribution in [1.29, 1.82) is 0 Å². The van der Waals surface area contributed by atoms with Crippen LogP contribution in [-0.4, -0.2) is 16.3 Å². The maximum atomic E-state index is 6.38. The molecule has 0 atom stereocenters. The summed E-state index contributed by atoms with van der Waals surface area (Å²) in [6.45, 7) is 9.25. The fourth-order valence-electron chi connectivity index (χ4n) is 2.42. The average molecular weight is 300 g/mol. The molecule has 1 heterocycles. The topological polar surface area (TPSA) is 29.9 Å². The highest BCUT2D eigenvalue weighted by atomic mass is 35.5. The Hall–Kier alpha value is -0.540. The summed E-state index contributed by atoms with van der Waals surface area (Å²) in [6, 6.07) is 0. The molecular formula is C16H30ClN3. The van der Waals surface area contributed by atoms with Crippen molar-refractivity contribution >= 4 is 11.6 Å². The molecule has 0 fully saturated rings. The van der Waals surface area contributed by atoms with Crippen LogP contribution in [0.25, 0.3) is 0 Å². The van der Waals surface area contributed by atoms with E-state index in [9.17, 15) is 0 Å². The summed E-state index contributed by atoms with van der Waals surface area (Å²) in [5.41, 5.74) is 2.15. The zero-order valence-corrected chi connectivity index (χ0v) is 14.1. The third-order valence-corrected chi connectivity index (χ3v) is 4.13. The van der Waals surface area contributed by atoms with Crippen molar-refractivity contribution in [1.82, 2.24) is 15.1 Å². The first-order valence-electron chi connectivity index (χ1n) is 8.19. The second kappa shape index (κ2) is 10.2. The Balaban J connectivity index is 2.26. The quantitative estimate of drug-likeness (QED) is 0.607. The minimum atomic E-state index is 0.828. The van der Waals surface area contributed by atoms with Gasteiger partial charge < -0.3 is 5.32 Å². The van der Waals surface area contributed by atoms with Gasteiger partial charge in [-0.05, 0) is 26.3 Å². The van der Waals surface area contributed by atoms with Crippen LogP contribution in [0.4, 0.5) is 0 Å². The van der Waals surface area contributed by atoms with Gasteiger partial charge in [-0.25, -0.2) is 0 Å². The van der Waals surface area contributed by atoms with Crippen LogP contribution in [0.2, 0.25) is 5.02 Å². The van der Waals surface area contributed by atoms with Crippen molar-refractivity contribution in [2.45, 2.75) is 78.8 Å². The maximum Gasteiger partial charge on any atom is 0.0863 e. The molecule has 3 nitrogen and oxygen atoms in total. The third kappa shape index (κ3) is 5.45. The average Bonchev–Trinajstić information content (AvgIpc) is 2.78. The second-order valence-electron chi connectivity index (χ2n) is 5.32. The van der Waals surface area contributed by atoms with Gasteiger partial charge in [0.05, 0.1) is 16.4 Å². The number of aryl methyl sites for hydroxylation is 2. The largest absolute Gasteiger partial charge is 0.311 e. The van der Waals surface area contributed by atoms with Gasteiger partial charge in [0.25, 0.3) is 0 Å². The van der Waals surface area contributed by atoms with E-state index >= 15 is 0 Å². The van der Waals surface area contributed by atoms with Gasteiger partial charge in [-0.15, -0.1) is 0 Å². The van der Waals surface area contributed by atoms with E-state index in [0.717, 1.165) is 42.5 Å².